The van der Waals surface area contributed by atoms with E-state index in [2.05, 4.69) is 0 Å². The van der Waals surface area contributed by atoms with Gasteiger partial charge >= 0.3 is 5.97 Å². The molecule has 1 saturated heterocycles. The Morgan fingerprint density at radius 2 is 2.30 bits per heavy atom. The van der Waals surface area contributed by atoms with Gasteiger partial charge in [-0.3, -0.25) is 14.9 Å². The Bertz CT molecular complexity index is 594. The van der Waals surface area contributed by atoms with Gasteiger partial charge in [0.15, 0.2) is 0 Å². The highest BCUT2D eigenvalue weighted by atomic mass is 16.6. The second-order valence-electron chi connectivity index (χ2n) is 4.70. The molecule has 0 aliphatic carbocycles. The van der Waals surface area contributed by atoms with Crippen molar-refractivity contribution in [1.29, 1.82) is 5.26 Å². The second kappa shape index (κ2) is 5.57. The molecule has 0 spiro atoms. The SMILES string of the molecule is N#Cc1ccc([N+](=O)[O-])c(N2CCC[C@@H](C(=O)O)C2)c1. The lowest BCUT2D eigenvalue weighted by Gasteiger charge is -2.32. The zero-order valence-corrected chi connectivity index (χ0v) is 10.7. The fraction of sp³-hybridized carbons (Fsp3) is 0.385. The van der Waals surface area contributed by atoms with E-state index in [0.29, 0.717) is 30.6 Å². The summed E-state index contributed by atoms with van der Waals surface area (Å²) in [5.74, 6) is -1.43. The van der Waals surface area contributed by atoms with E-state index >= 15 is 0 Å². The largest absolute Gasteiger partial charge is 0.481 e. The van der Waals surface area contributed by atoms with Crippen molar-refractivity contribution in [2.24, 2.45) is 5.92 Å². The first-order valence-electron chi connectivity index (χ1n) is 6.19. The van der Waals surface area contributed by atoms with Crippen molar-refractivity contribution >= 4 is 17.3 Å². The first kappa shape index (κ1) is 13.8. The average Bonchev–Trinajstić information content (AvgIpc) is 2.46. The molecule has 1 aliphatic rings. The molecule has 1 aliphatic heterocycles. The van der Waals surface area contributed by atoms with Crippen molar-refractivity contribution in [1.82, 2.24) is 0 Å². The van der Waals surface area contributed by atoms with Gasteiger partial charge in [0.1, 0.15) is 5.69 Å². The number of aliphatic carboxylic acids is 1. The van der Waals surface area contributed by atoms with Gasteiger partial charge in [-0.25, -0.2) is 0 Å². The van der Waals surface area contributed by atoms with Gasteiger partial charge in [0.05, 0.1) is 22.5 Å². The highest BCUT2D eigenvalue weighted by Crippen LogP contribution is 2.32. The standard InChI is InChI=1S/C13H13N3O4/c14-7-9-3-4-11(16(19)20)12(6-9)15-5-1-2-10(8-15)13(17)18/h3-4,6,10H,1-2,5,8H2,(H,17,18)/t10-/m1/s1. The van der Waals surface area contributed by atoms with Crippen LogP contribution >= 0.6 is 0 Å². The Morgan fingerprint density at radius 3 is 2.90 bits per heavy atom. The third-order valence-corrected chi connectivity index (χ3v) is 3.41. The summed E-state index contributed by atoms with van der Waals surface area (Å²) >= 11 is 0. The van der Waals surface area contributed by atoms with E-state index in [0.717, 1.165) is 0 Å². The summed E-state index contributed by atoms with van der Waals surface area (Å²) in [5.41, 5.74) is 0.540. The summed E-state index contributed by atoms with van der Waals surface area (Å²) in [4.78, 5) is 23.3. The highest BCUT2D eigenvalue weighted by molar-refractivity contribution is 5.73. The van der Waals surface area contributed by atoms with Gasteiger partial charge in [-0.1, -0.05) is 0 Å². The molecule has 0 unspecified atom stereocenters. The number of carboxylic acids is 1. The van der Waals surface area contributed by atoms with Crippen LogP contribution in [-0.2, 0) is 4.79 Å². The van der Waals surface area contributed by atoms with Crippen LogP contribution in [0.15, 0.2) is 18.2 Å². The maximum absolute atomic E-state index is 11.1. The van der Waals surface area contributed by atoms with Crippen molar-refractivity contribution in [3.05, 3.63) is 33.9 Å². The highest BCUT2D eigenvalue weighted by Gasteiger charge is 2.29. The van der Waals surface area contributed by atoms with Gasteiger partial charge in [0, 0.05) is 19.2 Å². The van der Waals surface area contributed by atoms with Gasteiger partial charge in [-0.2, -0.15) is 5.26 Å². The molecule has 1 atom stereocenters. The van der Waals surface area contributed by atoms with Crippen molar-refractivity contribution in [2.45, 2.75) is 12.8 Å². The Balaban J connectivity index is 2.37. The number of nitro groups is 1. The van der Waals surface area contributed by atoms with E-state index < -0.39 is 16.8 Å². The zero-order chi connectivity index (χ0) is 14.7. The molecule has 7 heteroatoms. The predicted molar refractivity (Wildman–Crippen MR) is 70.4 cm³/mol. The number of nitriles is 1. The lowest BCUT2D eigenvalue weighted by Crippen LogP contribution is -2.39. The van der Waals surface area contributed by atoms with E-state index in [-0.39, 0.29) is 12.2 Å². The molecule has 1 heterocycles. The Kier molecular flexibility index (Phi) is 3.84. The molecule has 0 amide bonds. The number of nitro benzene ring substituents is 1. The van der Waals surface area contributed by atoms with Crippen molar-refractivity contribution < 1.29 is 14.8 Å². The number of carboxylic acid groups (broad SMARTS) is 1. The van der Waals surface area contributed by atoms with E-state index in [1.165, 1.54) is 18.2 Å². The normalized spacial score (nSPS) is 18.4. The van der Waals surface area contributed by atoms with Crippen LogP contribution < -0.4 is 4.90 Å². The number of anilines is 1. The predicted octanol–water partition coefficient (Wildman–Crippen LogP) is 1.77. The van der Waals surface area contributed by atoms with E-state index in [1.807, 2.05) is 6.07 Å². The first-order valence-corrected chi connectivity index (χ1v) is 6.19. The van der Waals surface area contributed by atoms with Crippen LogP contribution in [-0.4, -0.2) is 29.1 Å². The summed E-state index contributed by atoms with van der Waals surface area (Å²) in [7, 11) is 0. The summed E-state index contributed by atoms with van der Waals surface area (Å²) in [5, 5.41) is 29.0. The van der Waals surface area contributed by atoms with Gasteiger partial charge in [-0.15, -0.1) is 0 Å². The lowest BCUT2D eigenvalue weighted by atomic mass is 9.97. The number of hydrogen-bond donors (Lipinski definition) is 1. The Morgan fingerprint density at radius 1 is 1.55 bits per heavy atom. The van der Waals surface area contributed by atoms with Gasteiger partial charge < -0.3 is 10.0 Å². The zero-order valence-electron chi connectivity index (χ0n) is 10.7. The monoisotopic (exact) mass is 275 g/mol. The third-order valence-electron chi connectivity index (χ3n) is 3.41. The molecule has 7 nitrogen and oxygen atoms in total. The molecular weight excluding hydrogens is 262 g/mol. The number of hydrogen-bond acceptors (Lipinski definition) is 5. The van der Waals surface area contributed by atoms with E-state index in [1.54, 1.807) is 4.90 Å². The number of piperidine rings is 1. The summed E-state index contributed by atoms with van der Waals surface area (Å²) in [6.45, 7) is 0.782. The molecule has 20 heavy (non-hydrogen) atoms. The maximum atomic E-state index is 11.1. The first-order chi connectivity index (χ1) is 9.52. The van der Waals surface area contributed by atoms with Gasteiger partial charge in [0.25, 0.3) is 5.69 Å². The molecule has 104 valence electrons. The number of carbonyl (C=O) groups is 1. The molecule has 1 fully saturated rings. The number of nitrogens with zero attached hydrogens (tertiary/aromatic N) is 3. The molecule has 2 rings (SSSR count). The smallest absolute Gasteiger partial charge is 0.308 e. The Labute approximate surface area is 115 Å². The van der Waals surface area contributed by atoms with Crippen LogP contribution in [0.4, 0.5) is 11.4 Å². The van der Waals surface area contributed by atoms with E-state index in [4.69, 9.17) is 10.4 Å². The average molecular weight is 275 g/mol. The van der Waals surface area contributed by atoms with Crippen LogP contribution in [0.25, 0.3) is 0 Å². The molecule has 0 aromatic heterocycles. The van der Waals surface area contributed by atoms with Crippen LogP contribution in [0.2, 0.25) is 0 Å². The van der Waals surface area contributed by atoms with Gasteiger partial charge in [0.2, 0.25) is 0 Å². The van der Waals surface area contributed by atoms with Crippen molar-refractivity contribution in [2.75, 3.05) is 18.0 Å². The van der Waals surface area contributed by atoms with Crippen LogP contribution in [0, 0.1) is 27.4 Å². The Hall–Kier alpha value is -2.62. The molecule has 1 aromatic rings. The molecular formula is C13H13N3O4. The summed E-state index contributed by atoms with van der Waals surface area (Å²) in [6, 6.07) is 6.07. The number of rotatable bonds is 3. The van der Waals surface area contributed by atoms with Crippen LogP contribution in [0.1, 0.15) is 18.4 Å². The molecule has 0 bridgehead atoms. The summed E-state index contributed by atoms with van der Waals surface area (Å²) < 4.78 is 0. The molecule has 0 radical (unpaired) electrons. The van der Waals surface area contributed by atoms with Crippen LogP contribution in [0.3, 0.4) is 0 Å². The molecule has 1 N–H and O–H groups in total. The maximum Gasteiger partial charge on any atom is 0.308 e. The third kappa shape index (κ3) is 2.69. The molecule has 0 saturated carbocycles. The lowest BCUT2D eigenvalue weighted by molar-refractivity contribution is -0.384. The quantitative estimate of drug-likeness (QED) is 0.665. The molecule has 1 aromatic carbocycles. The fourth-order valence-corrected chi connectivity index (χ4v) is 2.40. The van der Waals surface area contributed by atoms with Crippen molar-refractivity contribution in [3.63, 3.8) is 0 Å². The number of benzene rings is 1. The fourth-order valence-electron chi connectivity index (χ4n) is 2.40. The minimum Gasteiger partial charge on any atom is -0.481 e. The van der Waals surface area contributed by atoms with Crippen molar-refractivity contribution in [3.8, 4) is 6.07 Å². The van der Waals surface area contributed by atoms with E-state index in [9.17, 15) is 14.9 Å². The van der Waals surface area contributed by atoms with Crippen LogP contribution in [0.5, 0.6) is 0 Å². The minimum atomic E-state index is -0.895. The van der Waals surface area contributed by atoms with Gasteiger partial charge in [-0.05, 0) is 25.0 Å². The topological polar surface area (TPSA) is 107 Å². The summed E-state index contributed by atoms with van der Waals surface area (Å²) in [6.07, 6.45) is 1.22. The minimum absolute atomic E-state index is 0.102. The second-order valence-corrected chi connectivity index (χ2v) is 4.70.